The van der Waals surface area contributed by atoms with Crippen LogP contribution < -0.4 is 10.6 Å². The Kier molecular flexibility index (Phi) is 8.20. The van der Waals surface area contributed by atoms with Crippen LogP contribution in [-0.4, -0.2) is 72.3 Å². The standard InChI is InChI=1S/C23H30N4O3S/c1-17(2)24-21(28)16-26-10-12-27(13-11-26)23(30)19(15-18-7-4-3-5-8-18)25-22(29)20-9-6-14-31-20/h3-9,14,17,19H,10-13,15-16H2,1-2H3,(H,24,28)(H,25,29)/t19-/m0/s1. The van der Waals surface area contributed by atoms with Gasteiger partial charge in [-0.05, 0) is 30.9 Å². The van der Waals surface area contributed by atoms with E-state index in [4.69, 9.17) is 0 Å². The topological polar surface area (TPSA) is 81.8 Å². The van der Waals surface area contributed by atoms with Crippen molar-refractivity contribution in [3.8, 4) is 0 Å². The molecule has 0 bridgehead atoms. The normalized spacial score (nSPS) is 15.5. The summed E-state index contributed by atoms with van der Waals surface area (Å²) >= 11 is 1.36. The molecule has 0 unspecified atom stereocenters. The lowest BCUT2D eigenvalue weighted by atomic mass is 10.0. The fraction of sp³-hybridized carbons (Fsp3) is 0.435. The van der Waals surface area contributed by atoms with Gasteiger partial charge in [-0.1, -0.05) is 36.4 Å². The molecule has 0 radical (unpaired) electrons. The molecule has 3 rings (SSSR count). The highest BCUT2D eigenvalue weighted by molar-refractivity contribution is 7.12. The molecule has 2 N–H and O–H groups in total. The third kappa shape index (κ3) is 6.90. The summed E-state index contributed by atoms with van der Waals surface area (Å²) in [4.78, 5) is 42.4. The van der Waals surface area contributed by atoms with Gasteiger partial charge in [0.15, 0.2) is 0 Å². The first-order chi connectivity index (χ1) is 14.9. The molecule has 0 spiro atoms. The van der Waals surface area contributed by atoms with Crippen molar-refractivity contribution in [3.63, 3.8) is 0 Å². The van der Waals surface area contributed by atoms with Gasteiger partial charge in [-0.25, -0.2) is 0 Å². The van der Waals surface area contributed by atoms with E-state index in [0.29, 0.717) is 44.0 Å². The first-order valence-corrected chi connectivity index (χ1v) is 11.5. The van der Waals surface area contributed by atoms with Gasteiger partial charge in [-0.3, -0.25) is 19.3 Å². The van der Waals surface area contributed by atoms with Crippen molar-refractivity contribution in [2.45, 2.75) is 32.4 Å². The number of nitrogens with one attached hydrogen (secondary N) is 2. The van der Waals surface area contributed by atoms with E-state index < -0.39 is 6.04 Å². The summed E-state index contributed by atoms with van der Waals surface area (Å²) in [6.45, 7) is 6.55. The van der Waals surface area contributed by atoms with Gasteiger partial charge in [0.25, 0.3) is 5.91 Å². The molecule has 166 valence electrons. The van der Waals surface area contributed by atoms with Crippen molar-refractivity contribution < 1.29 is 14.4 Å². The predicted octanol–water partition coefficient (Wildman–Crippen LogP) is 1.76. The van der Waals surface area contributed by atoms with E-state index in [1.54, 1.807) is 11.0 Å². The highest BCUT2D eigenvalue weighted by Gasteiger charge is 2.29. The highest BCUT2D eigenvalue weighted by atomic mass is 32.1. The Morgan fingerprint density at radius 2 is 1.68 bits per heavy atom. The number of benzene rings is 1. The number of hydrogen-bond donors (Lipinski definition) is 2. The smallest absolute Gasteiger partial charge is 0.262 e. The largest absolute Gasteiger partial charge is 0.353 e. The molecule has 0 aliphatic carbocycles. The monoisotopic (exact) mass is 442 g/mol. The zero-order valence-corrected chi connectivity index (χ0v) is 18.9. The van der Waals surface area contributed by atoms with Crippen LogP contribution in [0.4, 0.5) is 0 Å². The molecule has 3 amide bonds. The first-order valence-electron chi connectivity index (χ1n) is 10.6. The van der Waals surface area contributed by atoms with E-state index in [1.165, 1.54) is 11.3 Å². The van der Waals surface area contributed by atoms with E-state index >= 15 is 0 Å². The molecule has 8 heteroatoms. The second-order valence-corrected chi connectivity index (χ2v) is 8.96. The maximum absolute atomic E-state index is 13.3. The Bertz CT molecular complexity index is 862. The summed E-state index contributed by atoms with van der Waals surface area (Å²) in [5.41, 5.74) is 0.997. The van der Waals surface area contributed by atoms with Gasteiger partial charge in [0.05, 0.1) is 11.4 Å². The highest BCUT2D eigenvalue weighted by Crippen LogP contribution is 2.12. The zero-order valence-electron chi connectivity index (χ0n) is 18.0. The van der Waals surface area contributed by atoms with Crippen LogP contribution in [0.15, 0.2) is 47.8 Å². The van der Waals surface area contributed by atoms with Crippen molar-refractivity contribution >= 4 is 29.1 Å². The molecule has 1 saturated heterocycles. The Morgan fingerprint density at radius 3 is 2.29 bits per heavy atom. The number of piperazine rings is 1. The molecule has 1 aromatic carbocycles. The molecule has 1 atom stereocenters. The van der Waals surface area contributed by atoms with Crippen LogP contribution in [0.25, 0.3) is 0 Å². The van der Waals surface area contributed by atoms with Crippen LogP contribution >= 0.6 is 11.3 Å². The SMILES string of the molecule is CC(C)NC(=O)CN1CCN(C(=O)[C@H](Cc2ccccc2)NC(=O)c2cccs2)CC1. The van der Waals surface area contributed by atoms with Gasteiger partial charge in [0.1, 0.15) is 6.04 Å². The average Bonchev–Trinajstić information content (AvgIpc) is 3.28. The number of thiophene rings is 1. The summed E-state index contributed by atoms with van der Waals surface area (Å²) in [7, 11) is 0. The number of hydrogen-bond acceptors (Lipinski definition) is 5. The summed E-state index contributed by atoms with van der Waals surface area (Å²) < 4.78 is 0. The average molecular weight is 443 g/mol. The molecule has 0 saturated carbocycles. The van der Waals surface area contributed by atoms with Crippen LogP contribution in [0.5, 0.6) is 0 Å². The molecule has 2 heterocycles. The molecule has 7 nitrogen and oxygen atoms in total. The van der Waals surface area contributed by atoms with Gasteiger partial charge >= 0.3 is 0 Å². The number of carbonyl (C=O) groups excluding carboxylic acids is 3. The number of carbonyl (C=O) groups is 3. The van der Waals surface area contributed by atoms with Gasteiger partial charge in [-0.2, -0.15) is 0 Å². The molecule has 1 aliphatic rings. The molecule has 1 fully saturated rings. The lowest BCUT2D eigenvalue weighted by Crippen LogP contribution is -2.56. The van der Waals surface area contributed by atoms with Gasteiger partial charge in [0, 0.05) is 38.6 Å². The Morgan fingerprint density at radius 1 is 0.968 bits per heavy atom. The molecule has 1 aliphatic heterocycles. The Balaban J connectivity index is 1.61. The van der Waals surface area contributed by atoms with Crippen LogP contribution in [0.3, 0.4) is 0 Å². The van der Waals surface area contributed by atoms with Crippen LogP contribution in [0, 0.1) is 0 Å². The number of amides is 3. The number of rotatable bonds is 8. The lowest BCUT2D eigenvalue weighted by Gasteiger charge is -2.36. The predicted molar refractivity (Wildman–Crippen MR) is 122 cm³/mol. The second kappa shape index (κ2) is 11.1. The summed E-state index contributed by atoms with van der Waals surface area (Å²) in [5, 5.41) is 7.67. The minimum Gasteiger partial charge on any atom is -0.353 e. The van der Waals surface area contributed by atoms with E-state index in [0.717, 1.165) is 5.56 Å². The summed E-state index contributed by atoms with van der Waals surface area (Å²) in [6, 6.07) is 12.8. The van der Waals surface area contributed by atoms with Crippen molar-refractivity contribution in [1.82, 2.24) is 20.4 Å². The van der Waals surface area contributed by atoms with Crippen molar-refractivity contribution in [2.75, 3.05) is 32.7 Å². The van der Waals surface area contributed by atoms with E-state index in [1.807, 2.05) is 55.6 Å². The summed E-state index contributed by atoms with van der Waals surface area (Å²) in [5.74, 6) is -0.312. The van der Waals surface area contributed by atoms with Crippen molar-refractivity contribution in [1.29, 1.82) is 0 Å². The Hall–Kier alpha value is -2.71. The molecule has 31 heavy (non-hydrogen) atoms. The third-order valence-electron chi connectivity index (χ3n) is 5.13. The molecular formula is C23H30N4O3S. The van der Waals surface area contributed by atoms with Gasteiger partial charge in [0.2, 0.25) is 11.8 Å². The quantitative estimate of drug-likeness (QED) is 0.653. The van der Waals surface area contributed by atoms with Crippen LogP contribution in [0.2, 0.25) is 0 Å². The minimum atomic E-state index is -0.632. The first kappa shape index (κ1) is 23.0. The zero-order chi connectivity index (χ0) is 22.2. The maximum Gasteiger partial charge on any atom is 0.262 e. The number of nitrogens with zero attached hydrogens (tertiary/aromatic N) is 2. The lowest BCUT2D eigenvalue weighted by molar-refractivity contribution is -0.135. The fourth-order valence-electron chi connectivity index (χ4n) is 3.60. The summed E-state index contributed by atoms with van der Waals surface area (Å²) in [6.07, 6.45) is 0.438. The second-order valence-electron chi connectivity index (χ2n) is 8.02. The van der Waals surface area contributed by atoms with E-state index in [2.05, 4.69) is 15.5 Å². The maximum atomic E-state index is 13.3. The molecule has 2 aromatic rings. The third-order valence-corrected chi connectivity index (χ3v) is 6.00. The molecular weight excluding hydrogens is 412 g/mol. The van der Waals surface area contributed by atoms with Crippen LogP contribution in [-0.2, 0) is 16.0 Å². The van der Waals surface area contributed by atoms with Gasteiger partial charge in [-0.15, -0.1) is 11.3 Å². The minimum absolute atomic E-state index is 0.0000538. The van der Waals surface area contributed by atoms with E-state index in [9.17, 15) is 14.4 Å². The van der Waals surface area contributed by atoms with Crippen molar-refractivity contribution in [3.05, 3.63) is 58.3 Å². The van der Waals surface area contributed by atoms with Gasteiger partial charge < -0.3 is 15.5 Å². The van der Waals surface area contributed by atoms with E-state index in [-0.39, 0.29) is 23.8 Å². The Labute approximate surface area is 187 Å². The molecule has 1 aromatic heterocycles. The van der Waals surface area contributed by atoms with Crippen LogP contribution in [0.1, 0.15) is 29.1 Å². The fourth-order valence-corrected chi connectivity index (χ4v) is 4.23. The van der Waals surface area contributed by atoms with Crippen molar-refractivity contribution in [2.24, 2.45) is 0 Å².